The number of terminal acetylenes is 1. The fourth-order valence-electron chi connectivity index (χ4n) is 0.363. The van der Waals surface area contributed by atoms with Gasteiger partial charge in [0.15, 0.2) is 0 Å². The molecule has 0 saturated heterocycles. The average molecular weight is 176 g/mol. The predicted octanol–water partition coefficient (Wildman–Crippen LogP) is -0.596. The SMILES string of the molecule is C#CC(C)NS(=O)(=O)N(C)C. The number of hydrogen-bond donors (Lipinski definition) is 1. The van der Waals surface area contributed by atoms with Crippen LogP contribution in [0.5, 0.6) is 0 Å². The largest absolute Gasteiger partial charge is 0.280 e. The van der Waals surface area contributed by atoms with Gasteiger partial charge in [0.25, 0.3) is 10.2 Å². The van der Waals surface area contributed by atoms with Crippen LogP contribution in [0.15, 0.2) is 0 Å². The van der Waals surface area contributed by atoms with Crippen LogP contribution in [0.2, 0.25) is 0 Å². The summed E-state index contributed by atoms with van der Waals surface area (Å²) in [6.07, 6.45) is 4.98. The molecule has 5 heteroatoms. The van der Waals surface area contributed by atoms with Crippen LogP contribution in [0.3, 0.4) is 0 Å². The van der Waals surface area contributed by atoms with Crippen molar-refractivity contribution in [1.82, 2.24) is 9.03 Å². The van der Waals surface area contributed by atoms with Crippen LogP contribution in [0.1, 0.15) is 6.92 Å². The van der Waals surface area contributed by atoms with E-state index in [9.17, 15) is 8.42 Å². The van der Waals surface area contributed by atoms with Crippen molar-refractivity contribution >= 4 is 10.2 Å². The first kappa shape index (κ1) is 10.4. The predicted molar refractivity (Wildman–Crippen MR) is 44.0 cm³/mol. The maximum atomic E-state index is 11.0. The molecule has 0 fully saturated rings. The van der Waals surface area contributed by atoms with Gasteiger partial charge in [-0.1, -0.05) is 5.92 Å². The second kappa shape index (κ2) is 3.72. The number of nitrogens with zero attached hydrogens (tertiary/aromatic N) is 1. The molecule has 1 N–H and O–H groups in total. The lowest BCUT2D eigenvalue weighted by Gasteiger charge is -2.13. The molecule has 0 amide bonds. The molecule has 0 rings (SSSR count). The second-order valence-electron chi connectivity index (χ2n) is 2.29. The van der Waals surface area contributed by atoms with Crippen molar-refractivity contribution in [3.63, 3.8) is 0 Å². The zero-order valence-corrected chi connectivity index (χ0v) is 7.64. The molecular weight excluding hydrogens is 164 g/mol. The molecule has 0 aromatic heterocycles. The lowest BCUT2D eigenvalue weighted by molar-refractivity contribution is 0.502. The van der Waals surface area contributed by atoms with E-state index in [0.717, 1.165) is 4.31 Å². The Labute approximate surface area is 67.8 Å². The van der Waals surface area contributed by atoms with Crippen molar-refractivity contribution in [1.29, 1.82) is 0 Å². The summed E-state index contributed by atoms with van der Waals surface area (Å²) in [6, 6.07) is -0.470. The van der Waals surface area contributed by atoms with Gasteiger partial charge >= 0.3 is 0 Å². The first-order valence-corrected chi connectivity index (χ1v) is 4.50. The maximum Gasteiger partial charge on any atom is 0.280 e. The lowest BCUT2D eigenvalue weighted by atomic mass is 10.4. The maximum absolute atomic E-state index is 11.0. The minimum absolute atomic E-state index is 0.470. The third-order valence-electron chi connectivity index (χ3n) is 1.06. The zero-order chi connectivity index (χ0) is 9.07. The van der Waals surface area contributed by atoms with E-state index in [1.54, 1.807) is 6.92 Å². The molecule has 0 bridgehead atoms. The van der Waals surface area contributed by atoms with Gasteiger partial charge in [-0.3, -0.25) is 0 Å². The summed E-state index contributed by atoms with van der Waals surface area (Å²) in [5.74, 6) is 2.26. The highest BCUT2D eigenvalue weighted by molar-refractivity contribution is 7.87. The first-order valence-electron chi connectivity index (χ1n) is 3.06. The Bertz CT molecular complexity index is 250. The highest BCUT2D eigenvalue weighted by Gasteiger charge is 2.14. The number of hydrogen-bond acceptors (Lipinski definition) is 2. The smallest absolute Gasteiger partial charge is 0.195 e. The van der Waals surface area contributed by atoms with Crippen LogP contribution >= 0.6 is 0 Å². The van der Waals surface area contributed by atoms with Crippen molar-refractivity contribution in [2.45, 2.75) is 13.0 Å². The van der Waals surface area contributed by atoms with Gasteiger partial charge in [0, 0.05) is 14.1 Å². The summed E-state index contributed by atoms with van der Waals surface area (Å²) in [6.45, 7) is 1.60. The second-order valence-corrected chi connectivity index (χ2v) is 4.21. The van der Waals surface area contributed by atoms with E-state index in [0.29, 0.717) is 0 Å². The molecule has 0 saturated carbocycles. The molecule has 0 aromatic rings. The Morgan fingerprint density at radius 3 is 2.27 bits per heavy atom. The molecule has 1 atom stereocenters. The number of rotatable bonds is 3. The Morgan fingerprint density at radius 1 is 1.55 bits per heavy atom. The summed E-state index contributed by atoms with van der Waals surface area (Å²) in [5.41, 5.74) is 0. The molecule has 0 radical (unpaired) electrons. The van der Waals surface area contributed by atoms with Crippen LogP contribution in [-0.2, 0) is 10.2 Å². The lowest BCUT2D eigenvalue weighted by Crippen LogP contribution is -2.40. The third kappa shape index (κ3) is 3.37. The molecule has 11 heavy (non-hydrogen) atoms. The van der Waals surface area contributed by atoms with Crippen molar-refractivity contribution < 1.29 is 8.42 Å². The summed E-state index contributed by atoms with van der Waals surface area (Å²) in [5, 5.41) is 0. The highest BCUT2D eigenvalue weighted by atomic mass is 32.2. The average Bonchev–Trinajstić information content (AvgIpc) is 1.86. The van der Waals surface area contributed by atoms with Gasteiger partial charge in [-0.15, -0.1) is 6.42 Å². The Morgan fingerprint density at radius 2 is 2.00 bits per heavy atom. The monoisotopic (exact) mass is 176 g/mol. The van der Waals surface area contributed by atoms with Gasteiger partial charge in [0.2, 0.25) is 0 Å². The van der Waals surface area contributed by atoms with Crippen molar-refractivity contribution in [3.8, 4) is 12.3 Å². The van der Waals surface area contributed by atoms with Crippen LogP contribution in [0.25, 0.3) is 0 Å². The normalized spacial score (nSPS) is 14.5. The highest BCUT2D eigenvalue weighted by Crippen LogP contribution is 1.90. The van der Waals surface area contributed by atoms with E-state index < -0.39 is 16.3 Å². The van der Waals surface area contributed by atoms with E-state index in [1.807, 2.05) is 0 Å². The van der Waals surface area contributed by atoms with Gasteiger partial charge in [0.05, 0.1) is 6.04 Å². The fraction of sp³-hybridized carbons (Fsp3) is 0.667. The molecule has 0 aliphatic rings. The minimum Gasteiger partial charge on any atom is -0.195 e. The quantitative estimate of drug-likeness (QED) is 0.584. The first-order chi connectivity index (χ1) is 4.90. The summed E-state index contributed by atoms with van der Waals surface area (Å²) < 4.78 is 25.4. The fourth-order valence-corrected chi connectivity index (χ4v) is 1.09. The number of nitrogens with one attached hydrogen (secondary N) is 1. The topological polar surface area (TPSA) is 49.4 Å². The summed E-state index contributed by atoms with van der Waals surface area (Å²) in [7, 11) is -0.497. The van der Waals surface area contributed by atoms with Crippen LogP contribution in [0.4, 0.5) is 0 Å². The standard InChI is InChI=1S/C6H12N2O2S/c1-5-6(2)7-11(9,10)8(3)4/h1,6-7H,2-4H3. The summed E-state index contributed by atoms with van der Waals surface area (Å²) >= 11 is 0. The van der Waals surface area contributed by atoms with E-state index >= 15 is 0 Å². The van der Waals surface area contributed by atoms with Gasteiger partial charge in [-0.25, -0.2) is 0 Å². The molecular formula is C6H12N2O2S. The Kier molecular flexibility index (Phi) is 3.52. The molecule has 1 unspecified atom stereocenters. The molecule has 0 heterocycles. The molecule has 4 nitrogen and oxygen atoms in total. The molecule has 0 aromatic carbocycles. The van der Waals surface area contributed by atoms with Crippen LogP contribution in [-0.4, -0.2) is 32.9 Å². The van der Waals surface area contributed by atoms with Gasteiger partial charge < -0.3 is 0 Å². The van der Waals surface area contributed by atoms with E-state index in [2.05, 4.69) is 10.6 Å². The van der Waals surface area contributed by atoms with E-state index in [1.165, 1.54) is 14.1 Å². The van der Waals surface area contributed by atoms with Gasteiger partial charge in [-0.05, 0) is 6.92 Å². The minimum atomic E-state index is -3.37. The van der Waals surface area contributed by atoms with Crippen molar-refractivity contribution in [3.05, 3.63) is 0 Å². The summed E-state index contributed by atoms with van der Waals surface area (Å²) in [4.78, 5) is 0. The Balaban J connectivity index is 4.29. The van der Waals surface area contributed by atoms with E-state index in [-0.39, 0.29) is 0 Å². The van der Waals surface area contributed by atoms with Crippen molar-refractivity contribution in [2.75, 3.05) is 14.1 Å². The van der Waals surface area contributed by atoms with E-state index in [4.69, 9.17) is 6.42 Å². The zero-order valence-electron chi connectivity index (χ0n) is 6.83. The van der Waals surface area contributed by atoms with Gasteiger partial charge in [0.1, 0.15) is 0 Å². The van der Waals surface area contributed by atoms with Crippen molar-refractivity contribution in [2.24, 2.45) is 0 Å². The van der Waals surface area contributed by atoms with Gasteiger partial charge in [-0.2, -0.15) is 17.4 Å². The van der Waals surface area contributed by atoms with Crippen LogP contribution < -0.4 is 4.72 Å². The molecule has 64 valence electrons. The third-order valence-corrected chi connectivity index (χ3v) is 2.67. The Hall–Kier alpha value is -0.570. The molecule has 0 aliphatic carbocycles. The molecule has 0 spiro atoms. The molecule has 0 aliphatic heterocycles. The van der Waals surface area contributed by atoms with Crippen LogP contribution in [0, 0.1) is 12.3 Å².